The molecule has 2 aliphatic rings. The fraction of sp³-hybridized carbons (Fsp3) is 0.240. The molecular weight excluding hydrogens is 426 g/mol. The number of para-hydroxylation sites is 1. The predicted molar refractivity (Wildman–Crippen MR) is 119 cm³/mol. The van der Waals surface area contributed by atoms with Crippen LogP contribution in [-0.4, -0.2) is 31.8 Å². The average molecular weight is 450 g/mol. The highest BCUT2D eigenvalue weighted by Gasteiger charge is 2.48. The van der Waals surface area contributed by atoms with Gasteiger partial charge in [-0.1, -0.05) is 36.4 Å². The Hall–Kier alpha value is -3.16. The highest BCUT2D eigenvalue weighted by Crippen LogP contribution is 2.44. The van der Waals surface area contributed by atoms with Crippen molar-refractivity contribution in [2.45, 2.75) is 30.3 Å². The Morgan fingerprint density at radius 1 is 0.906 bits per heavy atom. The largest absolute Gasteiger partial charge is 0.457 e. The van der Waals surface area contributed by atoms with E-state index in [1.807, 2.05) is 49.4 Å². The minimum atomic E-state index is -3.66. The van der Waals surface area contributed by atoms with Gasteiger partial charge in [0.2, 0.25) is 10.0 Å². The monoisotopic (exact) mass is 449 g/mol. The first kappa shape index (κ1) is 20.7. The topological polar surface area (TPSA) is 72.9 Å². The standard InChI is InChI=1S/C25H23NO5S/c1-18-6-2-5-9-23(18)30-19-10-12-20(13-11-19)32(28,29)26-16-14-25(15-17-26)22-8-4-3-7-21(22)24(27)31-25/h2-13H,14-17H2,1H3. The van der Waals surface area contributed by atoms with E-state index < -0.39 is 15.6 Å². The van der Waals surface area contributed by atoms with Crippen molar-refractivity contribution in [3.05, 3.63) is 89.5 Å². The highest BCUT2D eigenvalue weighted by atomic mass is 32.2. The second kappa shape index (κ2) is 7.76. The fourth-order valence-electron chi connectivity index (χ4n) is 4.43. The molecule has 2 aliphatic heterocycles. The number of sulfonamides is 1. The summed E-state index contributed by atoms with van der Waals surface area (Å²) in [7, 11) is -3.66. The van der Waals surface area contributed by atoms with Crippen LogP contribution in [0.15, 0.2) is 77.7 Å². The number of hydrogen-bond donors (Lipinski definition) is 0. The molecule has 0 atom stereocenters. The second-order valence-electron chi connectivity index (χ2n) is 8.17. The Kier molecular flexibility index (Phi) is 5.03. The number of rotatable bonds is 4. The van der Waals surface area contributed by atoms with Crippen LogP contribution in [-0.2, 0) is 20.4 Å². The molecule has 0 bridgehead atoms. The molecule has 164 valence electrons. The van der Waals surface area contributed by atoms with Crippen LogP contribution >= 0.6 is 0 Å². The van der Waals surface area contributed by atoms with E-state index in [-0.39, 0.29) is 24.0 Å². The Bertz CT molecular complexity index is 1280. The molecule has 6 nitrogen and oxygen atoms in total. The first-order valence-corrected chi connectivity index (χ1v) is 12.0. The number of benzene rings is 3. The summed E-state index contributed by atoms with van der Waals surface area (Å²) in [6, 6.07) is 21.5. The van der Waals surface area contributed by atoms with Gasteiger partial charge >= 0.3 is 5.97 Å². The molecular formula is C25H23NO5S. The number of nitrogens with zero attached hydrogens (tertiary/aromatic N) is 1. The third-order valence-corrected chi connectivity index (χ3v) is 8.15. The first-order valence-electron chi connectivity index (χ1n) is 10.6. The third kappa shape index (κ3) is 3.47. The van der Waals surface area contributed by atoms with E-state index >= 15 is 0 Å². The van der Waals surface area contributed by atoms with Gasteiger partial charge < -0.3 is 9.47 Å². The summed E-state index contributed by atoms with van der Waals surface area (Å²) in [6.45, 7) is 2.52. The molecule has 0 unspecified atom stereocenters. The van der Waals surface area contributed by atoms with Crippen LogP contribution in [0.4, 0.5) is 0 Å². The molecule has 1 saturated heterocycles. The second-order valence-corrected chi connectivity index (χ2v) is 10.1. The van der Waals surface area contributed by atoms with E-state index in [0.717, 1.165) is 16.9 Å². The molecule has 32 heavy (non-hydrogen) atoms. The van der Waals surface area contributed by atoms with E-state index in [2.05, 4.69) is 0 Å². The molecule has 1 fully saturated rings. The van der Waals surface area contributed by atoms with E-state index in [0.29, 0.717) is 24.2 Å². The van der Waals surface area contributed by atoms with Crippen molar-refractivity contribution in [1.29, 1.82) is 0 Å². The lowest BCUT2D eigenvalue weighted by molar-refractivity contribution is -0.0329. The third-order valence-electron chi connectivity index (χ3n) is 6.24. The zero-order valence-electron chi connectivity index (χ0n) is 17.7. The molecule has 0 amide bonds. The molecule has 0 radical (unpaired) electrons. The summed E-state index contributed by atoms with van der Waals surface area (Å²) in [5.41, 5.74) is 1.71. The highest BCUT2D eigenvalue weighted by molar-refractivity contribution is 7.89. The van der Waals surface area contributed by atoms with Crippen molar-refractivity contribution in [2.75, 3.05) is 13.1 Å². The summed E-state index contributed by atoms with van der Waals surface area (Å²) < 4.78 is 39.5. The molecule has 5 rings (SSSR count). The number of hydrogen-bond acceptors (Lipinski definition) is 5. The lowest BCUT2D eigenvalue weighted by atomic mass is 9.84. The number of aryl methyl sites for hydroxylation is 1. The molecule has 2 heterocycles. The minimum Gasteiger partial charge on any atom is -0.457 e. The lowest BCUT2D eigenvalue weighted by Gasteiger charge is -2.37. The van der Waals surface area contributed by atoms with Crippen molar-refractivity contribution in [3.63, 3.8) is 0 Å². The van der Waals surface area contributed by atoms with Gasteiger partial charge in [-0.05, 0) is 48.9 Å². The van der Waals surface area contributed by atoms with Crippen LogP contribution in [0.5, 0.6) is 11.5 Å². The Balaban J connectivity index is 1.31. The maximum absolute atomic E-state index is 13.2. The Morgan fingerprint density at radius 2 is 1.56 bits per heavy atom. The quantitative estimate of drug-likeness (QED) is 0.543. The number of piperidine rings is 1. The average Bonchev–Trinajstić information content (AvgIpc) is 3.07. The predicted octanol–water partition coefficient (Wildman–Crippen LogP) is 4.64. The lowest BCUT2D eigenvalue weighted by Crippen LogP contribution is -2.45. The van der Waals surface area contributed by atoms with Crippen LogP contribution in [0.2, 0.25) is 0 Å². The Labute approximate surface area is 187 Å². The molecule has 3 aromatic carbocycles. The van der Waals surface area contributed by atoms with Crippen molar-refractivity contribution in [1.82, 2.24) is 4.31 Å². The van der Waals surface area contributed by atoms with E-state index in [1.165, 1.54) is 4.31 Å². The first-order chi connectivity index (χ1) is 15.4. The van der Waals surface area contributed by atoms with Gasteiger partial charge in [0.25, 0.3) is 0 Å². The van der Waals surface area contributed by atoms with Gasteiger partial charge in [0, 0.05) is 31.5 Å². The molecule has 0 aliphatic carbocycles. The van der Waals surface area contributed by atoms with E-state index in [4.69, 9.17) is 9.47 Å². The van der Waals surface area contributed by atoms with Gasteiger partial charge in [0.05, 0.1) is 10.5 Å². The van der Waals surface area contributed by atoms with Crippen LogP contribution in [0.25, 0.3) is 0 Å². The SMILES string of the molecule is Cc1ccccc1Oc1ccc(S(=O)(=O)N2CCC3(CC2)OC(=O)c2ccccc23)cc1. The molecule has 7 heteroatoms. The maximum atomic E-state index is 13.2. The summed E-state index contributed by atoms with van der Waals surface area (Å²) in [5, 5.41) is 0. The molecule has 3 aromatic rings. The number of carbonyl (C=O) groups excluding carboxylic acids is 1. The summed E-state index contributed by atoms with van der Waals surface area (Å²) in [5.74, 6) is 0.974. The van der Waals surface area contributed by atoms with Crippen LogP contribution in [0, 0.1) is 6.92 Å². The van der Waals surface area contributed by atoms with Crippen molar-refractivity contribution in [3.8, 4) is 11.5 Å². The molecule has 1 spiro atoms. The van der Waals surface area contributed by atoms with Crippen molar-refractivity contribution < 1.29 is 22.7 Å². The van der Waals surface area contributed by atoms with E-state index in [9.17, 15) is 13.2 Å². The van der Waals surface area contributed by atoms with Gasteiger partial charge in [-0.3, -0.25) is 0 Å². The summed E-state index contributed by atoms with van der Waals surface area (Å²) >= 11 is 0. The Morgan fingerprint density at radius 3 is 2.28 bits per heavy atom. The van der Waals surface area contributed by atoms with Gasteiger partial charge in [0.15, 0.2) is 0 Å². The van der Waals surface area contributed by atoms with Crippen molar-refractivity contribution >= 4 is 16.0 Å². The number of carbonyl (C=O) groups is 1. The van der Waals surface area contributed by atoms with Crippen LogP contribution in [0.3, 0.4) is 0 Å². The normalized spacial score (nSPS) is 17.7. The zero-order chi connectivity index (χ0) is 22.3. The minimum absolute atomic E-state index is 0.217. The number of ether oxygens (including phenoxy) is 2. The number of esters is 1. The summed E-state index contributed by atoms with van der Waals surface area (Å²) in [6.07, 6.45) is 0.868. The molecule has 0 N–H and O–H groups in total. The fourth-order valence-corrected chi connectivity index (χ4v) is 5.87. The van der Waals surface area contributed by atoms with Crippen LogP contribution in [0.1, 0.15) is 34.3 Å². The maximum Gasteiger partial charge on any atom is 0.339 e. The van der Waals surface area contributed by atoms with Crippen LogP contribution < -0.4 is 4.74 Å². The van der Waals surface area contributed by atoms with Gasteiger partial charge in [-0.2, -0.15) is 4.31 Å². The number of fused-ring (bicyclic) bond motifs is 2. The molecule has 0 aromatic heterocycles. The van der Waals surface area contributed by atoms with Crippen molar-refractivity contribution in [2.24, 2.45) is 0 Å². The van der Waals surface area contributed by atoms with Gasteiger partial charge in [0.1, 0.15) is 17.1 Å². The zero-order valence-corrected chi connectivity index (χ0v) is 18.5. The van der Waals surface area contributed by atoms with Gasteiger partial charge in [-0.15, -0.1) is 0 Å². The molecule has 0 saturated carbocycles. The summed E-state index contributed by atoms with van der Waals surface area (Å²) in [4.78, 5) is 12.5. The van der Waals surface area contributed by atoms with Gasteiger partial charge in [-0.25, -0.2) is 13.2 Å². The smallest absolute Gasteiger partial charge is 0.339 e. The van der Waals surface area contributed by atoms with E-state index in [1.54, 1.807) is 30.3 Å².